The standard InChI is InChI=1S/C15H21F3NO3S/c1-9(19(21)23-15(16,17)18)8-22-13(20)14-5-10-2-11(6-14)4-12(3-10)7-14/h9-12H,2-8H2,1H3/q-1. The minimum absolute atomic E-state index is 0.146. The molecule has 0 heterocycles. The summed E-state index contributed by atoms with van der Waals surface area (Å²) >= 11 is -0.738. The molecule has 4 bridgehead atoms. The van der Waals surface area contributed by atoms with Crippen molar-refractivity contribution in [3.63, 3.8) is 0 Å². The lowest BCUT2D eigenvalue weighted by Gasteiger charge is -2.55. The molecule has 8 heteroatoms. The van der Waals surface area contributed by atoms with E-state index in [2.05, 4.69) is 0 Å². The molecule has 0 saturated heterocycles. The molecule has 0 aromatic heterocycles. The number of hydrogen-bond donors (Lipinski definition) is 0. The Morgan fingerprint density at radius 2 is 1.74 bits per heavy atom. The van der Waals surface area contributed by atoms with Crippen LogP contribution in [0.5, 0.6) is 0 Å². The number of rotatable bonds is 5. The molecule has 0 aromatic rings. The van der Waals surface area contributed by atoms with Crippen molar-refractivity contribution in [3.8, 4) is 0 Å². The first-order valence-corrected chi connectivity index (χ1v) is 8.84. The maximum Gasteiger partial charge on any atom is 0.455 e. The molecular weight excluding hydrogens is 331 g/mol. The molecule has 0 amide bonds. The van der Waals surface area contributed by atoms with E-state index < -0.39 is 28.9 Å². The van der Waals surface area contributed by atoms with Gasteiger partial charge in [-0.2, -0.15) is 13.2 Å². The number of halogens is 3. The van der Waals surface area contributed by atoms with Gasteiger partial charge in [-0.3, -0.25) is 4.79 Å². The van der Waals surface area contributed by atoms with Crippen molar-refractivity contribution in [2.24, 2.45) is 23.2 Å². The van der Waals surface area contributed by atoms with Crippen LogP contribution in [0, 0.1) is 28.4 Å². The second-order valence-electron chi connectivity index (χ2n) is 7.47. The minimum Gasteiger partial charge on any atom is -0.775 e. The van der Waals surface area contributed by atoms with Gasteiger partial charge >= 0.3 is 11.5 Å². The van der Waals surface area contributed by atoms with Crippen molar-refractivity contribution in [2.75, 3.05) is 6.61 Å². The summed E-state index contributed by atoms with van der Waals surface area (Å²) in [6.07, 6.45) is 6.10. The summed E-state index contributed by atoms with van der Waals surface area (Å²) in [7, 11) is 0. The fourth-order valence-electron chi connectivity index (χ4n) is 4.96. The molecular formula is C15H21F3NO3S-. The number of ether oxygens (including phenoxy) is 1. The smallest absolute Gasteiger partial charge is 0.455 e. The van der Waals surface area contributed by atoms with E-state index in [4.69, 9.17) is 4.74 Å². The SMILES string of the molecule is CC(COC(=O)C12CC3CC(CC(C3)C1)C2)N([O-])SC(F)(F)F. The Kier molecular flexibility index (Phi) is 4.61. The van der Waals surface area contributed by atoms with Gasteiger partial charge in [-0.1, -0.05) is 0 Å². The van der Waals surface area contributed by atoms with Gasteiger partial charge in [0.25, 0.3) is 0 Å². The quantitative estimate of drug-likeness (QED) is 0.423. The average Bonchev–Trinajstić information content (AvgIpc) is 2.40. The largest absolute Gasteiger partial charge is 0.775 e. The van der Waals surface area contributed by atoms with E-state index in [-0.39, 0.29) is 17.0 Å². The van der Waals surface area contributed by atoms with E-state index in [1.807, 2.05) is 0 Å². The van der Waals surface area contributed by atoms with Gasteiger partial charge in [-0.15, -0.1) is 0 Å². The Labute approximate surface area is 137 Å². The zero-order valence-corrected chi connectivity index (χ0v) is 13.8. The predicted octanol–water partition coefficient (Wildman–Crippen LogP) is 4.10. The Balaban J connectivity index is 1.53. The molecule has 0 aromatic carbocycles. The van der Waals surface area contributed by atoms with Gasteiger partial charge in [0.1, 0.15) is 6.61 Å². The van der Waals surface area contributed by atoms with Gasteiger partial charge in [-0.05, 0) is 63.2 Å². The lowest BCUT2D eigenvalue weighted by atomic mass is 9.49. The van der Waals surface area contributed by atoms with Crippen LogP contribution in [0.2, 0.25) is 0 Å². The Morgan fingerprint density at radius 3 is 2.17 bits per heavy atom. The number of carbonyl (C=O) groups excluding carboxylic acids is 1. The highest BCUT2D eigenvalue weighted by molar-refractivity contribution is 7.97. The second-order valence-corrected chi connectivity index (χ2v) is 8.47. The van der Waals surface area contributed by atoms with Gasteiger partial charge in [0, 0.05) is 18.0 Å². The lowest BCUT2D eigenvalue weighted by Crippen LogP contribution is -2.51. The number of alkyl halides is 3. The van der Waals surface area contributed by atoms with Gasteiger partial charge in [0.15, 0.2) is 0 Å². The van der Waals surface area contributed by atoms with Crippen molar-refractivity contribution in [2.45, 2.75) is 57.0 Å². The number of nitrogens with zero attached hydrogens (tertiary/aromatic N) is 1. The lowest BCUT2D eigenvalue weighted by molar-refractivity contribution is -0.172. The summed E-state index contributed by atoms with van der Waals surface area (Å²) in [4.78, 5) is 12.5. The zero-order chi connectivity index (χ0) is 16.8. The molecule has 4 saturated carbocycles. The summed E-state index contributed by atoms with van der Waals surface area (Å²) < 4.78 is 41.7. The molecule has 4 rings (SSSR count). The van der Waals surface area contributed by atoms with Gasteiger partial charge in [-0.25, -0.2) is 0 Å². The molecule has 0 radical (unpaired) electrons. The molecule has 0 spiro atoms. The first-order chi connectivity index (χ1) is 10.7. The molecule has 132 valence electrons. The van der Waals surface area contributed by atoms with E-state index in [1.165, 1.54) is 26.2 Å². The summed E-state index contributed by atoms with van der Waals surface area (Å²) in [5.41, 5.74) is -5.07. The highest BCUT2D eigenvalue weighted by Crippen LogP contribution is 2.60. The van der Waals surface area contributed by atoms with Crippen LogP contribution in [0.15, 0.2) is 0 Å². The van der Waals surface area contributed by atoms with E-state index >= 15 is 0 Å². The molecule has 0 N–H and O–H groups in total. The topological polar surface area (TPSA) is 52.6 Å². The molecule has 4 aliphatic carbocycles. The molecule has 4 nitrogen and oxygen atoms in total. The molecule has 1 unspecified atom stereocenters. The monoisotopic (exact) mass is 352 g/mol. The normalized spacial score (nSPS) is 37.2. The Morgan fingerprint density at radius 1 is 1.26 bits per heavy atom. The van der Waals surface area contributed by atoms with E-state index in [9.17, 15) is 23.2 Å². The maximum absolute atomic E-state index is 12.5. The number of carbonyl (C=O) groups is 1. The third-order valence-electron chi connectivity index (χ3n) is 5.48. The highest BCUT2D eigenvalue weighted by Gasteiger charge is 2.55. The van der Waals surface area contributed by atoms with E-state index in [0.29, 0.717) is 17.8 Å². The van der Waals surface area contributed by atoms with Crippen molar-refractivity contribution in [3.05, 3.63) is 5.21 Å². The number of hydroxylamine groups is 1. The molecule has 0 aliphatic heterocycles. The van der Waals surface area contributed by atoms with Crippen molar-refractivity contribution >= 4 is 17.9 Å². The van der Waals surface area contributed by atoms with E-state index in [1.54, 1.807) is 0 Å². The average molecular weight is 352 g/mol. The van der Waals surface area contributed by atoms with Gasteiger partial charge in [0.2, 0.25) is 0 Å². The van der Waals surface area contributed by atoms with Crippen LogP contribution >= 0.6 is 11.9 Å². The third-order valence-corrected chi connectivity index (χ3v) is 6.23. The van der Waals surface area contributed by atoms with Crippen LogP contribution < -0.4 is 0 Å². The first kappa shape index (κ1) is 17.4. The highest BCUT2D eigenvalue weighted by atomic mass is 32.2. The fourth-order valence-corrected chi connectivity index (χ4v) is 5.41. The maximum atomic E-state index is 12.5. The molecule has 23 heavy (non-hydrogen) atoms. The predicted molar refractivity (Wildman–Crippen MR) is 79.9 cm³/mol. The first-order valence-electron chi connectivity index (χ1n) is 8.06. The third kappa shape index (κ3) is 3.79. The second kappa shape index (κ2) is 6.11. The van der Waals surface area contributed by atoms with Gasteiger partial charge < -0.3 is 14.4 Å². The van der Waals surface area contributed by atoms with Crippen LogP contribution in [0.1, 0.15) is 45.4 Å². The van der Waals surface area contributed by atoms with Crippen molar-refractivity contribution < 1.29 is 22.7 Å². The van der Waals surface area contributed by atoms with Crippen LogP contribution in [0.25, 0.3) is 0 Å². The number of esters is 1. The summed E-state index contributed by atoms with van der Waals surface area (Å²) in [6.45, 7) is 1.03. The fraction of sp³-hybridized carbons (Fsp3) is 0.933. The molecule has 4 aliphatic rings. The van der Waals surface area contributed by atoms with Crippen molar-refractivity contribution in [1.82, 2.24) is 4.47 Å². The van der Waals surface area contributed by atoms with Crippen LogP contribution in [0.3, 0.4) is 0 Å². The Bertz CT molecular complexity index is 436. The van der Waals surface area contributed by atoms with Crippen molar-refractivity contribution in [1.29, 1.82) is 0 Å². The zero-order valence-electron chi connectivity index (χ0n) is 13.0. The minimum atomic E-state index is -4.63. The Hall–Kier alpha value is -0.470. The summed E-state index contributed by atoms with van der Waals surface area (Å²) in [6, 6.07) is -1.03. The van der Waals surface area contributed by atoms with Crippen LogP contribution in [0.4, 0.5) is 13.2 Å². The van der Waals surface area contributed by atoms with Crippen LogP contribution in [-0.2, 0) is 9.53 Å². The van der Waals surface area contributed by atoms with Gasteiger partial charge in [0.05, 0.1) is 5.41 Å². The summed E-state index contributed by atoms with van der Waals surface area (Å²) in [5, 5.41) is 11.4. The summed E-state index contributed by atoms with van der Waals surface area (Å²) in [5.74, 6) is 1.45. The van der Waals surface area contributed by atoms with E-state index in [0.717, 1.165) is 19.3 Å². The molecule has 4 fully saturated rings. The number of hydrogen-bond acceptors (Lipinski definition) is 5. The van der Waals surface area contributed by atoms with Crippen LogP contribution in [-0.4, -0.2) is 28.6 Å². The molecule has 1 atom stereocenters.